The molecule has 2 aromatic heterocycles. The minimum atomic E-state index is 0.868. The Morgan fingerprint density at radius 2 is 2.24 bits per heavy atom. The summed E-state index contributed by atoms with van der Waals surface area (Å²) in [5.41, 5.74) is 3.41. The van der Waals surface area contributed by atoms with Crippen molar-refractivity contribution in [1.82, 2.24) is 20.1 Å². The average molecular weight is 230 g/mol. The van der Waals surface area contributed by atoms with Crippen molar-refractivity contribution >= 4 is 0 Å². The molecule has 90 valence electrons. The summed E-state index contributed by atoms with van der Waals surface area (Å²) in [6, 6.07) is 4.16. The zero-order chi connectivity index (χ0) is 12.1. The Bertz CT molecular complexity index is 476. The van der Waals surface area contributed by atoms with Gasteiger partial charge in [0.2, 0.25) is 0 Å². The van der Waals surface area contributed by atoms with Crippen LogP contribution in [0.2, 0.25) is 0 Å². The third-order valence-electron chi connectivity index (χ3n) is 2.67. The van der Waals surface area contributed by atoms with Crippen LogP contribution in [-0.4, -0.2) is 21.3 Å². The second-order valence-electron chi connectivity index (χ2n) is 4.10. The van der Waals surface area contributed by atoms with Crippen molar-refractivity contribution in [3.05, 3.63) is 36.3 Å². The molecule has 1 N–H and O–H groups in total. The summed E-state index contributed by atoms with van der Waals surface area (Å²) in [6.07, 6.45) is 6.73. The van der Waals surface area contributed by atoms with Crippen LogP contribution in [0.1, 0.15) is 18.9 Å². The van der Waals surface area contributed by atoms with E-state index in [-0.39, 0.29) is 0 Å². The SMILES string of the molecule is CCCNCc1cncc(-c2ccnn2C)c1. The zero-order valence-corrected chi connectivity index (χ0v) is 10.3. The van der Waals surface area contributed by atoms with Crippen LogP contribution in [0.3, 0.4) is 0 Å². The molecule has 0 aliphatic carbocycles. The van der Waals surface area contributed by atoms with Gasteiger partial charge in [0.25, 0.3) is 0 Å². The molecule has 0 saturated carbocycles. The highest BCUT2D eigenvalue weighted by Crippen LogP contribution is 2.17. The van der Waals surface area contributed by atoms with Gasteiger partial charge in [-0.05, 0) is 30.7 Å². The largest absolute Gasteiger partial charge is 0.313 e. The minimum Gasteiger partial charge on any atom is -0.313 e. The Kier molecular flexibility index (Phi) is 3.88. The van der Waals surface area contributed by atoms with Gasteiger partial charge in [-0.1, -0.05) is 6.92 Å². The molecule has 0 unspecified atom stereocenters. The van der Waals surface area contributed by atoms with Crippen LogP contribution in [0.15, 0.2) is 30.7 Å². The molecule has 4 heteroatoms. The van der Waals surface area contributed by atoms with Gasteiger partial charge in [-0.15, -0.1) is 0 Å². The Morgan fingerprint density at radius 1 is 1.35 bits per heavy atom. The van der Waals surface area contributed by atoms with Crippen molar-refractivity contribution in [1.29, 1.82) is 0 Å². The van der Waals surface area contributed by atoms with Crippen LogP contribution in [-0.2, 0) is 13.6 Å². The predicted octanol–water partition coefficient (Wildman–Crippen LogP) is 1.98. The molecule has 4 nitrogen and oxygen atoms in total. The molecule has 0 radical (unpaired) electrons. The Labute approximate surface area is 102 Å². The van der Waals surface area contributed by atoms with E-state index in [9.17, 15) is 0 Å². The minimum absolute atomic E-state index is 0.868. The lowest BCUT2D eigenvalue weighted by Crippen LogP contribution is -2.13. The maximum atomic E-state index is 4.28. The second kappa shape index (κ2) is 5.59. The summed E-state index contributed by atoms with van der Waals surface area (Å²) < 4.78 is 1.86. The normalized spacial score (nSPS) is 10.7. The highest BCUT2D eigenvalue weighted by molar-refractivity contribution is 5.58. The van der Waals surface area contributed by atoms with Crippen LogP contribution in [0.4, 0.5) is 0 Å². The van der Waals surface area contributed by atoms with Crippen molar-refractivity contribution in [3.8, 4) is 11.3 Å². The molecule has 0 bridgehead atoms. The lowest BCUT2D eigenvalue weighted by atomic mass is 10.1. The summed E-state index contributed by atoms with van der Waals surface area (Å²) in [5.74, 6) is 0. The van der Waals surface area contributed by atoms with Gasteiger partial charge < -0.3 is 5.32 Å². The number of nitrogens with zero attached hydrogens (tertiary/aromatic N) is 3. The Hall–Kier alpha value is -1.68. The summed E-state index contributed by atoms with van der Waals surface area (Å²) >= 11 is 0. The molecule has 0 saturated heterocycles. The van der Waals surface area contributed by atoms with Gasteiger partial charge in [0.05, 0.1) is 5.69 Å². The number of rotatable bonds is 5. The lowest BCUT2D eigenvalue weighted by Gasteiger charge is -2.06. The van der Waals surface area contributed by atoms with Gasteiger partial charge >= 0.3 is 0 Å². The van der Waals surface area contributed by atoms with Crippen molar-refractivity contribution in [2.24, 2.45) is 7.05 Å². The fourth-order valence-electron chi connectivity index (χ4n) is 1.79. The number of pyridine rings is 1. The predicted molar refractivity (Wildman–Crippen MR) is 68.4 cm³/mol. The first kappa shape index (κ1) is 11.8. The average Bonchev–Trinajstić information content (AvgIpc) is 2.76. The molecule has 0 spiro atoms. The quantitative estimate of drug-likeness (QED) is 0.799. The number of hydrogen-bond acceptors (Lipinski definition) is 3. The summed E-state index contributed by atoms with van der Waals surface area (Å²) in [7, 11) is 1.94. The summed E-state index contributed by atoms with van der Waals surface area (Å²) in [4.78, 5) is 4.28. The van der Waals surface area contributed by atoms with E-state index in [0.717, 1.165) is 30.8 Å². The number of aromatic nitrogens is 3. The maximum Gasteiger partial charge on any atom is 0.0694 e. The standard InChI is InChI=1S/C13H18N4/c1-3-5-14-8-11-7-12(10-15-9-11)13-4-6-16-17(13)2/h4,6-7,9-10,14H,3,5,8H2,1-2H3. The maximum absolute atomic E-state index is 4.28. The van der Waals surface area contributed by atoms with E-state index in [4.69, 9.17) is 0 Å². The Morgan fingerprint density at radius 3 is 2.94 bits per heavy atom. The number of aryl methyl sites for hydroxylation is 1. The molecule has 2 heterocycles. The van der Waals surface area contributed by atoms with E-state index in [1.54, 1.807) is 6.20 Å². The van der Waals surface area contributed by atoms with E-state index in [1.165, 1.54) is 5.56 Å². The van der Waals surface area contributed by atoms with Gasteiger partial charge in [0.15, 0.2) is 0 Å². The lowest BCUT2D eigenvalue weighted by molar-refractivity contribution is 0.674. The van der Waals surface area contributed by atoms with Gasteiger partial charge in [-0.3, -0.25) is 9.67 Å². The molecule has 0 aliphatic rings. The van der Waals surface area contributed by atoms with Gasteiger partial charge in [-0.2, -0.15) is 5.10 Å². The number of hydrogen-bond donors (Lipinski definition) is 1. The third kappa shape index (κ3) is 2.91. The highest BCUT2D eigenvalue weighted by Gasteiger charge is 2.03. The van der Waals surface area contributed by atoms with Crippen molar-refractivity contribution in [3.63, 3.8) is 0 Å². The fourth-order valence-corrected chi connectivity index (χ4v) is 1.79. The Balaban J connectivity index is 2.14. The van der Waals surface area contributed by atoms with Crippen LogP contribution in [0, 0.1) is 0 Å². The van der Waals surface area contributed by atoms with Crippen LogP contribution >= 0.6 is 0 Å². The molecule has 2 aromatic rings. The van der Waals surface area contributed by atoms with Gasteiger partial charge in [0.1, 0.15) is 0 Å². The molecule has 0 fully saturated rings. The van der Waals surface area contributed by atoms with E-state index in [1.807, 2.05) is 30.2 Å². The molecule has 0 aromatic carbocycles. The van der Waals surface area contributed by atoms with Crippen LogP contribution < -0.4 is 5.32 Å². The molecular weight excluding hydrogens is 212 g/mol. The van der Waals surface area contributed by atoms with E-state index >= 15 is 0 Å². The highest BCUT2D eigenvalue weighted by atomic mass is 15.3. The molecule has 17 heavy (non-hydrogen) atoms. The monoisotopic (exact) mass is 230 g/mol. The topological polar surface area (TPSA) is 42.7 Å². The summed E-state index contributed by atoms with van der Waals surface area (Å²) in [5, 5.41) is 7.55. The van der Waals surface area contributed by atoms with E-state index in [2.05, 4.69) is 28.4 Å². The smallest absolute Gasteiger partial charge is 0.0694 e. The fraction of sp³-hybridized carbons (Fsp3) is 0.385. The van der Waals surface area contributed by atoms with Gasteiger partial charge in [-0.25, -0.2) is 0 Å². The van der Waals surface area contributed by atoms with Crippen molar-refractivity contribution in [2.75, 3.05) is 6.54 Å². The molecule has 0 amide bonds. The van der Waals surface area contributed by atoms with Gasteiger partial charge in [0, 0.05) is 37.7 Å². The van der Waals surface area contributed by atoms with E-state index in [0.29, 0.717) is 0 Å². The first-order valence-electron chi connectivity index (χ1n) is 5.94. The first-order valence-corrected chi connectivity index (χ1v) is 5.94. The number of nitrogens with one attached hydrogen (secondary N) is 1. The first-order chi connectivity index (χ1) is 8.31. The van der Waals surface area contributed by atoms with Crippen molar-refractivity contribution < 1.29 is 0 Å². The van der Waals surface area contributed by atoms with E-state index < -0.39 is 0 Å². The summed E-state index contributed by atoms with van der Waals surface area (Å²) in [6.45, 7) is 4.07. The van der Waals surface area contributed by atoms with Crippen LogP contribution in [0.25, 0.3) is 11.3 Å². The molecular formula is C13H18N4. The van der Waals surface area contributed by atoms with Crippen molar-refractivity contribution in [2.45, 2.75) is 19.9 Å². The zero-order valence-electron chi connectivity index (χ0n) is 10.3. The second-order valence-corrected chi connectivity index (χ2v) is 4.10. The third-order valence-corrected chi connectivity index (χ3v) is 2.67. The molecule has 0 atom stereocenters. The molecule has 2 rings (SSSR count). The van der Waals surface area contributed by atoms with Crippen LogP contribution in [0.5, 0.6) is 0 Å². The molecule has 0 aliphatic heterocycles.